The Kier molecular flexibility index (Phi) is 4.36. The van der Waals surface area contributed by atoms with Gasteiger partial charge in [-0.15, -0.1) is 0 Å². The molecule has 5 nitrogen and oxygen atoms in total. The van der Waals surface area contributed by atoms with E-state index in [1.54, 1.807) is 6.20 Å². The third-order valence-corrected chi connectivity index (χ3v) is 3.65. The van der Waals surface area contributed by atoms with Crippen molar-refractivity contribution in [1.29, 1.82) is 0 Å². The third-order valence-electron chi connectivity index (χ3n) is 3.65. The van der Waals surface area contributed by atoms with Gasteiger partial charge in [-0.3, -0.25) is 4.79 Å². The molecular formula is C13H22N4O. The Labute approximate surface area is 108 Å². The number of aromatic nitrogens is 2. The molecule has 2 rings (SSSR count). The van der Waals surface area contributed by atoms with Crippen molar-refractivity contribution in [2.45, 2.75) is 38.1 Å². The number of imidazole rings is 1. The van der Waals surface area contributed by atoms with Crippen LogP contribution in [0.3, 0.4) is 0 Å². The monoisotopic (exact) mass is 250 g/mol. The minimum Gasteiger partial charge on any atom is -0.355 e. The molecule has 1 aromatic heterocycles. The van der Waals surface area contributed by atoms with Crippen LogP contribution in [0.1, 0.15) is 31.5 Å². The van der Waals surface area contributed by atoms with E-state index in [4.69, 9.17) is 5.73 Å². The van der Waals surface area contributed by atoms with Crippen LogP contribution in [-0.4, -0.2) is 28.0 Å². The molecule has 1 amide bonds. The average molecular weight is 250 g/mol. The first kappa shape index (κ1) is 13.1. The molecule has 0 saturated heterocycles. The fraction of sp³-hybridized carbons (Fsp3) is 0.692. The van der Waals surface area contributed by atoms with Gasteiger partial charge in [-0.2, -0.15) is 0 Å². The van der Waals surface area contributed by atoms with Crippen molar-refractivity contribution in [3.63, 3.8) is 0 Å². The van der Waals surface area contributed by atoms with Crippen LogP contribution in [0.5, 0.6) is 0 Å². The van der Waals surface area contributed by atoms with Crippen LogP contribution in [-0.2, 0) is 18.3 Å². The van der Waals surface area contributed by atoms with Gasteiger partial charge in [0.25, 0.3) is 0 Å². The van der Waals surface area contributed by atoms with Gasteiger partial charge in [0.15, 0.2) is 0 Å². The Morgan fingerprint density at radius 1 is 1.61 bits per heavy atom. The lowest BCUT2D eigenvalue weighted by molar-refractivity contribution is -0.126. The summed E-state index contributed by atoms with van der Waals surface area (Å²) in [5.41, 5.74) is 5.90. The van der Waals surface area contributed by atoms with Crippen molar-refractivity contribution in [1.82, 2.24) is 14.9 Å². The zero-order valence-electron chi connectivity index (χ0n) is 10.9. The minimum absolute atomic E-state index is 0.107. The van der Waals surface area contributed by atoms with Gasteiger partial charge in [-0.25, -0.2) is 4.98 Å². The van der Waals surface area contributed by atoms with Gasteiger partial charge >= 0.3 is 0 Å². The van der Waals surface area contributed by atoms with Crippen LogP contribution < -0.4 is 11.1 Å². The largest absolute Gasteiger partial charge is 0.355 e. The topological polar surface area (TPSA) is 72.9 Å². The van der Waals surface area contributed by atoms with Gasteiger partial charge < -0.3 is 15.6 Å². The van der Waals surface area contributed by atoms with E-state index in [1.165, 1.54) is 0 Å². The molecule has 1 aliphatic carbocycles. The summed E-state index contributed by atoms with van der Waals surface area (Å²) in [4.78, 5) is 16.2. The molecule has 2 atom stereocenters. The van der Waals surface area contributed by atoms with Crippen molar-refractivity contribution >= 4 is 5.91 Å². The molecule has 1 saturated carbocycles. The van der Waals surface area contributed by atoms with Gasteiger partial charge in [0, 0.05) is 44.4 Å². The molecule has 1 aliphatic rings. The van der Waals surface area contributed by atoms with Gasteiger partial charge in [-0.05, 0) is 19.3 Å². The number of rotatable bonds is 4. The molecule has 5 heteroatoms. The van der Waals surface area contributed by atoms with Gasteiger partial charge in [0.2, 0.25) is 5.91 Å². The number of carbonyl (C=O) groups excluding carboxylic acids is 1. The molecule has 0 bridgehead atoms. The molecule has 0 aromatic carbocycles. The van der Waals surface area contributed by atoms with Gasteiger partial charge in [0.05, 0.1) is 0 Å². The second-order valence-electron chi connectivity index (χ2n) is 5.12. The van der Waals surface area contributed by atoms with Crippen LogP contribution >= 0.6 is 0 Å². The number of nitrogens with one attached hydrogen (secondary N) is 1. The molecular weight excluding hydrogens is 228 g/mol. The Bertz CT molecular complexity index is 401. The number of carbonyl (C=O) groups is 1. The van der Waals surface area contributed by atoms with E-state index in [0.29, 0.717) is 6.54 Å². The zero-order chi connectivity index (χ0) is 13.0. The quantitative estimate of drug-likeness (QED) is 0.821. The maximum absolute atomic E-state index is 12.0. The number of amides is 1. The lowest BCUT2D eigenvalue weighted by Crippen LogP contribution is -2.38. The Hall–Kier alpha value is -1.36. The second kappa shape index (κ2) is 6.00. The Balaban J connectivity index is 1.73. The maximum atomic E-state index is 12.0. The summed E-state index contributed by atoms with van der Waals surface area (Å²) < 4.78 is 1.97. The first-order valence-electron chi connectivity index (χ1n) is 6.66. The molecule has 1 fully saturated rings. The molecule has 1 aromatic rings. The van der Waals surface area contributed by atoms with Crippen LogP contribution in [0.25, 0.3) is 0 Å². The Morgan fingerprint density at radius 3 is 3.11 bits per heavy atom. The van der Waals surface area contributed by atoms with Crippen molar-refractivity contribution < 1.29 is 4.79 Å². The highest BCUT2D eigenvalue weighted by atomic mass is 16.1. The fourth-order valence-corrected chi connectivity index (χ4v) is 2.54. The molecule has 0 aliphatic heterocycles. The van der Waals surface area contributed by atoms with Crippen LogP contribution in [0.2, 0.25) is 0 Å². The van der Waals surface area contributed by atoms with Crippen LogP contribution in [0.15, 0.2) is 12.4 Å². The van der Waals surface area contributed by atoms with Crippen LogP contribution in [0, 0.1) is 5.92 Å². The molecule has 3 N–H and O–H groups in total. The summed E-state index contributed by atoms with van der Waals surface area (Å²) in [6, 6.07) is 0.198. The van der Waals surface area contributed by atoms with E-state index in [-0.39, 0.29) is 17.9 Å². The predicted octanol–water partition coefficient (Wildman–Crippen LogP) is 0.596. The SMILES string of the molecule is Cn1ccnc1CCNC(=O)C1CCCC(N)C1. The van der Waals surface area contributed by atoms with E-state index in [9.17, 15) is 4.79 Å². The highest BCUT2D eigenvalue weighted by Crippen LogP contribution is 2.22. The van der Waals surface area contributed by atoms with Crippen molar-refractivity contribution in [3.05, 3.63) is 18.2 Å². The Morgan fingerprint density at radius 2 is 2.44 bits per heavy atom. The van der Waals surface area contributed by atoms with E-state index in [1.807, 2.05) is 17.8 Å². The van der Waals surface area contributed by atoms with E-state index in [2.05, 4.69) is 10.3 Å². The fourth-order valence-electron chi connectivity index (χ4n) is 2.54. The number of aryl methyl sites for hydroxylation is 1. The highest BCUT2D eigenvalue weighted by Gasteiger charge is 2.24. The van der Waals surface area contributed by atoms with Crippen molar-refractivity contribution in [2.24, 2.45) is 18.7 Å². The van der Waals surface area contributed by atoms with Crippen molar-refractivity contribution in [2.75, 3.05) is 6.54 Å². The number of hydrogen-bond acceptors (Lipinski definition) is 3. The van der Waals surface area contributed by atoms with E-state index < -0.39 is 0 Å². The average Bonchev–Trinajstić information content (AvgIpc) is 2.75. The first-order chi connectivity index (χ1) is 8.66. The lowest BCUT2D eigenvalue weighted by atomic mass is 9.85. The smallest absolute Gasteiger partial charge is 0.223 e. The minimum atomic E-state index is 0.107. The van der Waals surface area contributed by atoms with E-state index >= 15 is 0 Å². The predicted molar refractivity (Wildman–Crippen MR) is 69.9 cm³/mol. The standard InChI is InChI=1S/C13H22N4O/c1-17-8-7-15-12(17)5-6-16-13(18)10-3-2-4-11(14)9-10/h7-8,10-11H,2-6,9,14H2,1H3,(H,16,18). The normalized spacial score (nSPS) is 23.9. The summed E-state index contributed by atoms with van der Waals surface area (Å²) in [6.45, 7) is 0.648. The van der Waals surface area contributed by atoms with Gasteiger partial charge in [0.1, 0.15) is 5.82 Å². The molecule has 0 radical (unpaired) electrons. The number of nitrogens with zero attached hydrogens (tertiary/aromatic N) is 2. The molecule has 1 heterocycles. The number of hydrogen-bond donors (Lipinski definition) is 2. The summed E-state index contributed by atoms with van der Waals surface area (Å²) >= 11 is 0. The third kappa shape index (κ3) is 3.32. The number of nitrogens with two attached hydrogens (primary N) is 1. The lowest BCUT2D eigenvalue weighted by Gasteiger charge is -2.25. The summed E-state index contributed by atoms with van der Waals surface area (Å²) in [6.07, 6.45) is 8.38. The second-order valence-corrected chi connectivity index (χ2v) is 5.12. The first-order valence-corrected chi connectivity index (χ1v) is 6.66. The molecule has 100 valence electrons. The van der Waals surface area contributed by atoms with E-state index in [0.717, 1.165) is 37.9 Å². The summed E-state index contributed by atoms with van der Waals surface area (Å²) in [5.74, 6) is 1.25. The molecule has 0 spiro atoms. The summed E-state index contributed by atoms with van der Waals surface area (Å²) in [5, 5.41) is 2.99. The zero-order valence-corrected chi connectivity index (χ0v) is 10.9. The summed E-state index contributed by atoms with van der Waals surface area (Å²) in [7, 11) is 1.96. The van der Waals surface area contributed by atoms with Crippen LogP contribution in [0.4, 0.5) is 0 Å². The highest BCUT2D eigenvalue weighted by molar-refractivity contribution is 5.78. The van der Waals surface area contributed by atoms with Crippen molar-refractivity contribution in [3.8, 4) is 0 Å². The van der Waals surface area contributed by atoms with Gasteiger partial charge in [-0.1, -0.05) is 6.42 Å². The molecule has 2 unspecified atom stereocenters. The molecule has 18 heavy (non-hydrogen) atoms. The maximum Gasteiger partial charge on any atom is 0.223 e.